The maximum atomic E-state index is 9.00. The van der Waals surface area contributed by atoms with Gasteiger partial charge in [-0.15, -0.1) is 0 Å². The van der Waals surface area contributed by atoms with Crippen molar-refractivity contribution in [1.82, 2.24) is 6.15 Å². The molecule has 0 aromatic heterocycles. The molecular weight excluding hydrogens is 90.1 g/mol. The fourth-order valence-electron chi connectivity index (χ4n) is 0. The van der Waals surface area contributed by atoms with E-state index >= 15 is 0 Å². The minimum Gasteiger partial charge on any atom is -0.773 e. The summed E-state index contributed by atoms with van der Waals surface area (Å²) >= 11 is -1.86. The van der Waals surface area contributed by atoms with E-state index in [1.54, 1.807) is 0 Å². The zero-order valence-corrected chi connectivity index (χ0v) is 4.04. The largest absolute Gasteiger partial charge is 0.773 e. The van der Waals surface area contributed by atoms with Gasteiger partial charge in [0.15, 0.2) is 0 Å². The molecule has 0 aliphatic rings. The van der Waals surface area contributed by atoms with E-state index < -0.39 is 11.1 Å². The molecular formula is CH7NO2S. The zero-order chi connectivity index (χ0) is 3.58. The highest BCUT2D eigenvalue weighted by atomic mass is 32.2. The monoisotopic (exact) mass is 97.0 g/mol. The summed E-state index contributed by atoms with van der Waals surface area (Å²) in [5, 5.41) is 0. The van der Waals surface area contributed by atoms with Gasteiger partial charge in [0, 0.05) is 0 Å². The summed E-state index contributed by atoms with van der Waals surface area (Å²) < 4.78 is 18.0. The van der Waals surface area contributed by atoms with Gasteiger partial charge in [0.25, 0.3) is 0 Å². The zero-order valence-electron chi connectivity index (χ0n) is 3.22. The van der Waals surface area contributed by atoms with Crippen molar-refractivity contribution in [2.24, 2.45) is 0 Å². The van der Waals surface area contributed by atoms with Crippen LogP contribution in [-0.2, 0) is 11.1 Å². The van der Waals surface area contributed by atoms with Gasteiger partial charge in [0.1, 0.15) is 0 Å². The number of rotatable bonds is 0. The molecule has 3 nitrogen and oxygen atoms in total. The van der Waals surface area contributed by atoms with E-state index in [4.69, 9.17) is 8.76 Å². The highest BCUT2D eigenvalue weighted by Crippen LogP contribution is 1.45. The summed E-state index contributed by atoms with van der Waals surface area (Å²) in [5.41, 5.74) is 0. The van der Waals surface area contributed by atoms with E-state index in [0.717, 1.165) is 6.26 Å². The Morgan fingerprint density at radius 3 is 1.80 bits per heavy atom. The lowest BCUT2D eigenvalue weighted by atomic mass is 12.0. The Labute approximate surface area is 33.3 Å². The van der Waals surface area contributed by atoms with Crippen molar-refractivity contribution in [1.29, 1.82) is 0 Å². The second-order valence-corrected chi connectivity index (χ2v) is 1.20. The van der Waals surface area contributed by atoms with Crippen LogP contribution in [0.4, 0.5) is 0 Å². The third kappa shape index (κ3) is 3560. The quantitative estimate of drug-likeness (QED) is 0.427. The van der Waals surface area contributed by atoms with E-state index in [-0.39, 0.29) is 6.15 Å². The Balaban J connectivity index is 0. The first-order valence-electron chi connectivity index (χ1n) is 0.742. The lowest BCUT2D eigenvalue weighted by Crippen LogP contribution is -1.73. The standard InChI is InChI=1S/CH4O2S.H3N/c1-4(2)3;/h1H3,(H,2,3);1H3. The first-order chi connectivity index (χ1) is 1.73. The highest BCUT2D eigenvalue weighted by Gasteiger charge is 1.41. The third-order valence-electron chi connectivity index (χ3n) is 0. The van der Waals surface area contributed by atoms with Gasteiger partial charge in [0.2, 0.25) is 0 Å². The summed E-state index contributed by atoms with van der Waals surface area (Å²) in [7, 11) is 0. The maximum Gasteiger partial charge on any atom is -0.00142 e. The molecule has 0 aromatic carbocycles. The van der Waals surface area contributed by atoms with Gasteiger partial charge in [-0.3, -0.25) is 4.21 Å². The van der Waals surface area contributed by atoms with Gasteiger partial charge >= 0.3 is 0 Å². The van der Waals surface area contributed by atoms with Gasteiger partial charge in [-0.25, -0.2) is 0 Å². The van der Waals surface area contributed by atoms with Gasteiger partial charge in [0.05, 0.1) is 0 Å². The molecule has 5 heavy (non-hydrogen) atoms. The van der Waals surface area contributed by atoms with Crippen molar-refractivity contribution < 1.29 is 8.76 Å². The van der Waals surface area contributed by atoms with Crippen molar-refractivity contribution in [2.45, 2.75) is 0 Å². The Hall–Kier alpha value is 0.0700. The Morgan fingerprint density at radius 2 is 1.80 bits per heavy atom. The first kappa shape index (κ1) is 8.91. The van der Waals surface area contributed by atoms with Gasteiger partial charge in [-0.2, -0.15) is 0 Å². The summed E-state index contributed by atoms with van der Waals surface area (Å²) in [6, 6.07) is 0. The molecule has 4 heteroatoms. The molecule has 4 N–H and O–H groups in total. The van der Waals surface area contributed by atoms with Crippen LogP contribution in [0.2, 0.25) is 0 Å². The third-order valence-corrected chi connectivity index (χ3v) is 0. The SMILES string of the molecule is CS(=O)[O-].[NH4+]. The lowest BCUT2D eigenvalue weighted by molar-refractivity contribution is 0.543. The van der Waals surface area contributed by atoms with Crippen molar-refractivity contribution in [3.05, 3.63) is 0 Å². The van der Waals surface area contributed by atoms with Crippen LogP contribution < -0.4 is 6.15 Å². The molecule has 0 fully saturated rings. The molecule has 0 spiro atoms. The van der Waals surface area contributed by atoms with Gasteiger partial charge < -0.3 is 10.7 Å². The van der Waals surface area contributed by atoms with Crippen LogP contribution in [0.3, 0.4) is 0 Å². The summed E-state index contributed by atoms with van der Waals surface area (Å²) in [6.07, 6.45) is 1.08. The van der Waals surface area contributed by atoms with E-state index in [1.165, 1.54) is 0 Å². The second-order valence-electron chi connectivity index (χ2n) is 0.401. The number of hydrogen-bond acceptors (Lipinski definition) is 2. The van der Waals surface area contributed by atoms with Crippen molar-refractivity contribution >= 4 is 11.1 Å². The predicted octanol–water partition coefficient (Wildman–Crippen LogP) is -0.128. The van der Waals surface area contributed by atoms with E-state index in [1.807, 2.05) is 0 Å². The predicted molar refractivity (Wildman–Crippen MR) is 20.8 cm³/mol. The summed E-state index contributed by atoms with van der Waals surface area (Å²) in [6.45, 7) is 0. The van der Waals surface area contributed by atoms with Crippen molar-refractivity contribution in [3.63, 3.8) is 0 Å². The Bertz CT molecular complexity index is 32.6. The molecule has 0 amide bonds. The molecule has 1 atom stereocenters. The minimum atomic E-state index is -1.86. The Kier molecular flexibility index (Phi) is 7.25. The number of hydrogen-bond donors (Lipinski definition) is 1. The second kappa shape index (κ2) is 4.07. The molecule has 0 heterocycles. The molecule has 0 aliphatic carbocycles. The minimum absolute atomic E-state index is 0. The molecule has 0 aliphatic heterocycles. The fraction of sp³-hybridized carbons (Fsp3) is 1.00. The average molecular weight is 97.1 g/mol. The highest BCUT2D eigenvalue weighted by molar-refractivity contribution is 7.78. The van der Waals surface area contributed by atoms with Crippen LogP contribution in [0.5, 0.6) is 0 Å². The normalized spacial score (nSPS) is 12.4. The van der Waals surface area contributed by atoms with Crippen LogP contribution in [0, 0.1) is 0 Å². The van der Waals surface area contributed by atoms with Gasteiger partial charge in [-0.1, -0.05) is 11.1 Å². The molecule has 34 valence electrons. The van der Waals surface area contributed by atoms with Gasteiger partial charge in [-0.05, 0) is 6.26 Å². The molecule has 1 unspecified atom stereocenters. The van der Waals surface area contributed by atoms with Crippen molar-refractivity contribution in [3.8, 4) is 0 Å². The Morgan fingerprint density at radius 1 is 1.80 bits per heavy atom. The maximum absolute atomic E-state index is 9.00. The molecule has 0 rings (SSSR count). The smallest absolute Gasteiger partial charge is 0.00142 e. The molecule has 0 bridgehead atoms. The molecule has 0 aromatic rings. The molecule has 0 saturated heterocycles. The topological polar surface area (TPSA) is 76.6 Å². The average Bonchev–Trinajstić information content (AvgIpc) is 0.811. The fourth-order valence-corrected chi connectivity index (χ4v) is 0. The van der Waals surface area contributed by atoms with Crippen LogP contribution in [0.1, 0.15) is 0 Å². The summed E-state index contributed by atoms with van der Waals surface area (Å²) in [5.74, 6) is 0. The van der Waals surface area contributed by atoms with Crippen molar-refractivity contribution in [2.75, 3.05) is 6.26 Å². The van der Waals surface area contributed by atoms with Crippen LogP contribution in [0.25, 0.3) is 0 Å². The molecule has 0 radical (unpaired) electrons. The first-order valence-corrected chi connectivity index (χ1v) is 2.22. The van der Waals surface area contributed by atoms with E-state index in [9.17, 15) is 0 Å². The lowest BCUT2D eigenvalue weighted by Gasteiger charge is -1.85. The summed E-state index contributed by atoms with van der Waals surface area (Å²) in [4.78, 5) is 0. The van der Waals surface area contributed by atoms with Crippen LogP contribution >= 0.6 is 0 Å². The van der Waals surface area contributed by atoms with Crippen LogP contribution in [0.15, 0.2) is 0 Å². The van der Waals surface area contributed by atoms with Crippen LogP contribution in [-0.4, -0.2) is 15.0 Å². The van der Waals surface area contributed by atoms with E-state index in [0.29, 0.717) is 0 Å². The molecule has 0 saturated carbocycles. The van der Waals surface area contributed by atoms with E-state index in [2.05, 4.69) is 0 Å². The number of quaternary nitrogens is 1.